The van der Waals surface area contributed by atoms with E-state index in [0.29, 0.717) is 6.54 Å². The molecule has 0 saturated carbocycles. The Labute approximate surface area is 116 Å². The Hall–Kier alpha value is -0.930. The number of benzene rings is 1. The summed E-state index contributed by atoms with van der Waals surface area (Å²) in [6, 6.07) is 7.16. The predicted molar refractivity (Wildman–Crippen MR) is 79.4 cm³/mol. The van der Waals surface area contributed by atoms with Crippen LogP contribution in [-0.2, 0) is 6.54 Å². The molecular weight excluding hydrogens is 239 g/mol. The number of rotatable bonds is 5. The molecule has 1 aromatic carbocycles. The highest BCUT2D eigenvalue weighted by atomic mass is 19.1. The van der Waals surface area contributed by atoms with Gasteiger partial charge in [0.05, 0.1) is 0 Å². The topological polar surface area (TPSA) is 29.3 Å². The number of hydrogen-bond donors (Lipinski definition) is 1. The van der Waals surface area contributed by atoms with Crippen LogP contribution in [0.4, 0.5) is 4.39 Å². The first-order chi connectivity index (χ1) is 8.75. The maximum atomic E-state index is 13.2. The van der Waals surface area contributed by atoms with Crippen molar-refractivity contribution in [2.45, 2.75) is 52.7 Å². The van der Waals surface area contributed by atoms with E-state index in [1.165, 1.54) is 6.07 Å². The van der Waals surface area contributed by atoms with Crippen LogP contribution in [0.5, 0.6) is 0 Å². The molecule has 0 spiro atoms. The maximum Gasteiger partial charge on any atom is 0.123 e. The van der Waals surface area contributed by atoms with Crippen LogP contribution in [0.25, 0.3) is 0 Å². The monoisotopic (exact) mass is 266 g/mol. The summed E-state index contributed by atoms with van der Waals surface area (Å²) in [6.45, 7) is 9.44. The van der Waals surface area contributed by atoms with Crippen molar-refractivity contribution < 1.29 is 4.39 Å². The van der Waals surface area contributed by atoms with E-state index in [0.717, 1.165) is 12.0 Å². The van der Waals surface area contributed by atoms with Crippen molar-refractivity contribution in [1.29, 1.82) is 0 Å². The lowest BCUT2D eigenvalue weighted by Crippen LogP contribution is -2.52. The third-order valence-corrected chi connectivity index (χ3v) is 3.56. The van der Waals surface area contributed by atoms with Gasteiger partial charge in [0, 0.05) is 18.6 Å². The summed E-state index contributed by atoms with van der Waals surface area (Å²) in [5.41, 5.74) is 7.35. The van der Waals surface area contributed by atoms with Crippen LogP contribution < -0.4 is 5.73 Å². The summed E-state index contributed by atoms with van der Waals surface area (Å²) in [7, 11) is 2.07. The zero-order valence-electron chi connectivity index (χ0n) is 12.8. The Bertz CT molecular complexity index is 398. The van der Waals surface area contributed by atoms with Crippen LogP contribution in [0.3, 0.4) is 0 Å². The van der Waals surface area contributed by atoms with Gasteiger partial charge in [-0.05, 0) is 36.6 Å². The molecule has 0 aliphatic rings. The molecule has 0 aliphatic carbocycles. The molecule has 3 heteroatoms. The van der Waals surface area contributed by atoms with E-state index in [4.69, 9.17) is 5.73 Å². The zero-order chi connectivity index (χ0) is 14.6. The van der Waals surface area contributed by atoms with Gasteiger partial charge in [-0.1, -0.05) is 39.8 Å². The van der Waals surface area contributed by atoms with E-state index in [-0.39, 0.29) is 23.3 Å². The van der Waals surface area contributed by atoms with Crippen LogP contribution in [-0.4, -0.2) is 24.0 Å². The molecule has 0 aliphatic heterocycles. The quantitative estimate of drug-likeness (QED) is 0.885. The van der Waals surface area contributed by atoms with E-state index in [1.807, 2.05) is 6.07 Å². The highest BCUT2D eigenvalue weighted by Gasteiger charge is 2.32. The molecule has 0 bridgehead atoms. The Morgan fingerprint density at radius 3 is 2.42 bits per heavy atom. The van der Waals surface area contributed by atoms with Crippen LogP contribution in [0, 0.1) is 11.2 Å². The number of halogens is 1. The third-order valence-electron chi connectivity index (χ3n) is 3.56. The molecule has 108 valence electrons. The molecule has 2 nitrogen and oxygen atoms in total. The van der Waals surface area contributed by atoms with Crippen molar-refractivity contribution in [3.63, 3.8) is 0 Å². The second-order valence-corrected chi connectivity index (χ2v) is 6.43. The Balaban J connectivity index is 2.86. The minimum Gasteiger partial charge on any atom is -0.326 e. The summed E-state index contributed by atoms with van der Waals surface area (Å²) < 4.78 is 13.2. The van der Waals surface area contributed by atoms with E-state index in [2.05, 4.69) is 39.6 Å². The lowest BCUT2D eigenvalue weighted by atomic mass is 9.80. The van der Waals surface area contributed by atoms with Crippen LogP contribution in [0.15, 0.2) is 24.3 Å². The fourth-order valence-electron chi connectivity index (χ4n) is 2.88. The van der Waals surface area contributed by atoms with E-state index in [9.17, 15) is 4.39 Å². The fourth-order valence-corrected chi connectivity index (χ4v) is 2.88. The molecule has 0 saturated heterocycles. The summed E-state index contributed by atoms with van der Waals surface area (Å²) in [4.78, 5) is 2.24. The molecule has 0 aromatic heterocycles. The molecule has 0 radical (unpaired) electrons. The SMILES string of the molecule is CCC(N)C(N(C)Cc1cccc(F)c1)C(C)(C)C. The number of likely N-dealkylation sites (N-methyl/N-ethyl adjacent to an activating group) is 1. The highest BCUT2D eigenvalue weighted by molar-refractivity contribution is 5.16. The van der Waals surface area contributed by atoms with Crippen molar-refractivity contribution in [3.8, 4) is 0 Å². The van der Waals surface area contributed by atoms with E-state index in [1.54, 1.807) is 12.1 Å². The first-order valence-corrected chi connectivity index (χ1v) is 6.96. The van der Waals surface area contributed by atoms with Crippen LogP contribution >= 0.6 is 0 Å². The number of hydrogen-bond acceptors (Lipinski definition) is 2. The van der Waals surface area contributed by atoms with Gasteiger partial charge in [0.1, 0.15) is 5.82 Å². The van der Waals surface area contributed by atoms with Gasteiger partial charge < -0.3 is 5.73 Å². The van der Waals surface area contributed by atoms with Gasteiger partial charge >= 0.3 is 0 Å². The van der Waals surface area contributed by atoms with Gasteiger partial charge in [-0.2, -0.15) is 0 Å². The van der Waals surface area contributed by atoms with Gasteiger partial charge in [-0.15, -0.1) is 0 Å². The van der Waals surface area contributed by atoms with Crippen LogP contribution in [0.2, 0.25) is 0 Å². The second-order valence-electron chi connectivity index (χ2n) is 6.43. The minimum absolute atomic E-state index is 0.0947. The fraction of sp³-hybridized carbons (Fsp3) is 0.625. The molecule has 0 heterocycles. The van der Waals surface area contributed by atoms with Crippen molar-refractivity contribution in [2.24, 2.45) is 11.1 Å². The maximum absolute atomic E-state index is 13.2. The van der Waals surface area contributed by atoms with Gasteiger partial charge in [-0.3, -0.25) is 4.90 Å². The molecule has 1 rings (SSSR count). The van der Waals surface area contributed by atoms with Gasteiger partial charge in [0.15, 0.2) is 0 Å². The Morgan fingerprint density at radius 2 is 1.95 bits per heavy atom. The normalized spacial score (nSPS) is 15.6. The van der Waals surface area contributed by atoms with Crippen molar-refractivity contribution >= 4 is 0 Å². The van der Waals surface area contributed by atoms with Gasteiger partial charge in [0.2, 0.25) is 0 Å². The molecule has 1 aromatic rings. The first kappa shape index (κ1) is 16.1. The average molecular weight is 266 g/mol. The van der Waals surface area contributed by atoms with E-state index < -0.39 is 0 Å². The zero-order valence-corrected chi connectivity index (χ0v) is 12.8. The summed E-state index contributed by atoms with van der Waals surface area (Å²) in [6.07, 6.45) is 0.940. The van der Waals surface area contributed by atoms with Crippen LogP contribution in [0.1, 0.15) is 39.7 Å². The summed E-state index contributed by atoms with van der Waals surface area (Å²) >= 11 is 0. The molecule has 2 unspecified atom stereocenters. The molecule has 19 heavy (non-hydrogen) atoms. The first-order valence-electron chi connectivity index (χ1n) is 6.96. The van der Waals surface area contributed by atoms with Crippen molar-refractivity contribution in [2.75, 3.05) is 7.05 Å². The average Bonchev–Trinajstić information content (AvgIpc) is 2.26. The molecule has 2 atom stereocenters. The smallest absolute Gasteiger partial charge is 0.123 e. The summed E-state index contributed by atoms with van der Waals surface area (Å²) in [5.74, 6) is -0.182. The molecule has 2 N–H and O–H groups in total. The predicted octanol–water partition coefficient (Wildman–Crippen LogP) is 3.41. The molecular formula is C16H27FN2. The minimum atomic E-state index is -0.182. The lowest BCUT2D eigenvalue weighted by molar-refractivity contribution is 0.0938. The number of nitrogens with two attached hydrogens (primary N) is 1. The van der Waals surface area contributed by atoms with E-state index >= 15 is 0 Å². The third kappa shape index (κ3) is 4.59. The van der Waals surface area contributed by atoms with Crippen molar-refractivity contribution in [1.82, 2.24) is 4.90 Å². The number of nitrogens with zero attached hydrogens (tertiary/aromatic N) is 1. The van der Waals surface area contributed by atoms with Gasteiger partial charge in [-0.25, -0.2) is 4.39 Å². The molecule has 0 amide bonds. The van der Waals surface area contributed by atoms with Crippen molar-refractivity contribution in [3.05, 3.63) is 35.6 Å². The standard InChI is InChI=1S/C16H27FN2/c1-6-14(18)15(16(2,3)4)19(5)11-12-8-7-9-13(17)10-12/h7-10,14-15H,6,11,18H2,1-5H3. The lowest BCUT2D eigenvalue weighted by Gasteiger charge is -2.41. The largest absolute Gasteiger partial charge is 0.326 e. The Kier molecular flexibility index (Phi) is 5.50. The van der Waals surface area contributed by atoms with Gasteiger partial charge in [0.25, 0.3) is 0 Å². The molecule has 0 fully saturated rings. The second kappa shape index (κ2) is 6.49. The Morgan fingerprint density at radius 1 is 1.32 bits per heavy atom. The highest BCUT2D eigenvalue weighted by Crippen LogP contribution is 2.27. The summed E-state index contributed by atoms with van der Waals surface area (Å²) in [5, 5.41) is 0.